The summed E-state index contributed by atoms with van der Waals surface area (Å²) >= 11 is 1.36. The van der Waals surface area contributed by atoms with Crippen molar-refractivity contribution in [2.75, 3.05) is 25.1 Å². The topological polar surface area (TPSA) is 555 Å². The predicted molar refractivity (Wildman–Crippen MR) is 273 cm³/mol. The van der Waals surface area contributed by atoms with E-state index in [0.29, 0.717) is 17.7 Å². The van der Waals surface area contributed by atoms with Crippen molar-refractivity contribution in [1.29, 1.82) is 0 Å². The SMILES string of the molecule is CSCCC(N)C(=O)NC(CC(=O)O)C(=O)NC(Cc1ccc(O)cc1)C(=O)NC(CCCCN)C(=O)NC(CC(=O)O)C(=O)NC(CC(=O)O)C(=O)NC(CC(=O)O)C(=O)NC(CC(=O)O)C(=O)NC(CCCCN)C(=O)O. The van der Waals surface area contributed by atoms with E-state index in [1.165, 1.54) is 36.0 Å². The summed E-state index contributed by atoms with van der Waals surface area (Å²) in [5.74, 6) is -20.5. The van der Waals surface area contributed by atoms with Crippen LogP contribution in [0, 0.1) is 0 Å². The number of hydrogen-bond acceptors (Lipinski definition) is 19. The van der Waals surface area contributed by atoms with Crippen molar-refractivity contribution in [2.45, 2.75) is 138 Å². The predicted octanol–water partition coefficient (Wildman–Crippen LogP) is -5.39. The third kappa shape index (κ3) is 27.6. The van der Waals surface area contributed by atoms with Gasteiger partial charge in [0.2, 0.25) is 47.3 Å². The maximum atomic E-state index is 14.1. The van der Waals surface area contributed by atoms with E-state index >= 15 is 0 Å². The smallest absolute Gasteiger partial charge is 0.326 e. The zero-order valence-electron chi connectivity index (χ0n) is 42.8. The lowest BCUT2D eigenvalue weighted by Crippen LogP contribution is -2.61. The summed E-state index contributed by atoms with van der Waals surface area (Å²) in [5.41, 5.74) is 17.3. The molecule has 0 aliphatic rings. The standard InChI is InChI=1S/C46H69N11O21S/c1-79-15-12-24(49)38(69)52-28(17-33(59)60)42(73)53-27(16-22-8-10-23(58)11-9-22)40(71)50-25(6-2-4-13-47)39(70)54-30(19-35(63)64)43(74)56-32(21-37(67)68)45(76)57-31(20-36(65)66)44(75)55-29(18-34(61)62)41(72)51-26(46(77)78)7-3-5-14-48/h8-11,24-32,58H,2-7,12-21,47-49H2,1H3,(H,50,71)(H,51,72)(H,52,69)(H,53,73)(H,54,70)(H,55,75)(H,56,74)(H,57,76)(H,59,60)(H,61,62)(H,63,64)(H,65,66)(H,67,68)(H,77,78). The molecule has 0 aliphatic carbocycles. The fourth-order valence-corrected chi connectivity index (χ4v) is 7.56. The lowest BCUT2D eigenvalue weighted by molar-refractivity contribution is -0.145. The summed E-state index contributed by atoms with van der Waals surface area (Å²) in [4.78, 5) is 180. The van der Waals surface area contributed by atoms with Crippen LogP contribution in [0.5, 0.6) is 5.75 Å². The summed E-state index contributed by atoms with van der Waals surface area (Å²) in [6.45, 7) is 0.231. The van der Waals surface area contributed by atoms with Crippen LogP contribution in [0.15, 0.2) is 24.3 Å². The molecule has 21 N–H and O–H groups in total. The number of benzene rings is 1. The number of carboxylic acid groups (broad SMARTS) is 6. The van der Waals surface area contributed by atoms with E-state index in [0.717, 1.165) is 0 Å². The Balaban J connectivity index is 3.60. The van der Waals surface area contributed by atoms with Crippen LogP contribution in [-0.2, 0) is 73.5 Å². The van der Waals surface area contributed by atoms with Gasteiger partial charge in [0, 0.05) is 6.42 Å². The normalized spacial score (nSPS) is 14.3. The Morgan fingerprint density at radius 1 is 0.418 bits per heavy atom. The van der Waals surface area contributed by atoms with Crippen LogP contribution >= 0.6 is 11.8 Å². The number of amides is 8. The minimum Gasteiger partial charge on any atom is -0.508 e. The number of carboxylic acids is 6. The van der Waals surface area contributed by atoms with E-state index < -0.39 is 176 Å². The van der Waals surface area contributed by atoms with Crippen LogP contribution in [-0.4, -0.2) is 198 Å². The second-order valence-corrected chi connectivity index (χ2v) is 18.6. The molecule has 0 radical (unpaired) electrons. The first-order chi connectivity index (χ1) is 37.1. The molecule has 9 unspecified atom stereocenters. The van der Waals surface area contributed by atoms with Gasteiger partial charge in [0.15, 0.2) is 0 Å². The molecule has 1 rings (SSSR count). The lowest BCUT2D eigenvalue weighted by atomic mass is 10.0. The van der Waals surface area contributed by atoms with Crippen LogP contribution in [0.3, 0.4) is 0 Å². The van der Waals surface area contributed by atoms with E-state index in [4.69, 9.17) is 17.2 Å². The van der Waals surface area contributed by atoms with Crippen molar-refractivity contribution in [3.8, 4) is 5.75 Å². The van der Waals surface area contributed by atoms with E-state index in [1.54, 1.807) is 6.26 Å². The van der Waals surface area contributed by atoms with Gasteiger partial charge in [0.1, 0.15) is 54.1 Å². The van der Waals surface area contributed by atoms with Gasteiger partial charge in [-0.1, -0.05) is 12.1 Å². The summed E-state index contributed by atoms with van der Waals surface area (Å²) < 4.78 is 0. The third-order valence-electron chi connectivity index (χ3n) is 11.2. The van der Waals surface area contributed by atoms with Crippen LogP contribution in [0.1, 0.15) is 82.6 Å². The average molecular weight is 1140 g/mol. The largest absolute Gasteiger partial charge is 0.508 e. The number of nitrogens with two attached hydrogens (primary N) is 3. The van der Waals surface area contributed by atoms with Gasteiger partial charge in [-0.15, -0.1) is 0 Å². The van der Waals surface area contributed by atoms with Gasteiger partial charge in [0.05, 0.1) is 38.1 Å². The van der Waals surface area contributed by atoms with Gasteiger partial charge in [-0.2, -0.15) is 11.8 Å². The Labute approximate surface area is 454 Å². The molecule has 0 bridgehead atoms. The molecule has 0 saturated heterocycles. The van der Waals surface area contributed by atoms with Crippen molar-refractivity contribution < 1.29 is 103 Å². The molecule has 8 amide bonds. The average Bonchev–Trinajstić information content (AvgIpc) is 3.35. The fraction of sp³-hybridized carbons (Fsp3) is 0.565. The number of aromatic hydroxyl groups is 1. The molecule has 0 spiro atoms. The highest BCUT2D eigenvalue weighted by molar-refractivity contribution is 7.98. The van der Waals surface area contributed by atoms with Gasteiger partial charge in [-0.3, -0.25) is 62.3 Å². The highest BCUT2D eigenvalue weighted by Gasteiger charge is 2.37. The Bertz CT molecular complexity index is 2330. The Kier molecular flexibility index (Phi) is 31.4. The van der Waals surface area contributed by atoms with E-state index in [1.807, 2.05) is 16.0 Å². The van der Waals surface area contributed by atoms with Crippen LogP contribution in [0.25, 0.3) is 0 Å². The van der Waals surface area contributed by atoms with Crippen LogP contribution < -0.4 is 59.7 Å². The third-order valence-corrected chi connectivity index (χ3v) is 11.8. The monoisotopic (exact) mass is 1140 g/mol. The summed E-state index contributed by atoms with van der Waals surface area (Å²) in [5, 5.41) is 84.3. The molecule has 32 nitrogen and oxygen atoms in total. The van der Waals surface area contributed by atoms with Crippen LogP contribution in [0.4, 0.5) is 0 Å². The number of rotatable bonds is 40. The highest BCUT2D eigenvalue weighted by atomic mass is 32.2. The maximum Gasteiger partial charge on any atom is 0.326 e. The van der Waals surface area contributed by atoms with Crippen molar-refractivity contribution in [3.05, 3.63) is 29.8 Å². The van der Waals surface area contributed by atoms with Gasteiger partial charge < -0.3 is 95.5 Å². The Morgan fingerprint density at radius 2 is 0.709 bits per heavy atom. The number of aliphatic carboxylic acids is 6. The summed E-state index contributed by atoms with van der Waals surface area (Å²) in [6, 6.07) is -11.7. The Morgan fingerprint density at radius 3 is 1.04 bits per heavy atom. The minimum absolute atomic E-state index is 0.0624. The molecular formula is C46H69N11O21S. The molecule has 0 aromatic heterocycles. The van der Waals surface area contributed by atoms with E-state index in [9.17, 15) is 103 Å². The molecule has 1 aromatic carbocycles. The number of unbranched alkanes of at least 4 members (excludes halogenated alkanes) is 2. The number of nitrogens with one attached hydrogen (secondary N) is 8. The molecular weight excluding hydrogens is 1070 g/mol. The molecule has 79 heavy (non-hydrogen) atoms. The zero-order valence-corrected chi connectivity index (χ0v) is 43.6. The summed E-state index contributed by atoms with van der Waals surface area (Å²) in [7, 11) is 0. The summed E-state index contributed by atoms with van der Waals surface area (Å²) in [6.07, 6.45) is -4.26. The van der Waals surface area contributed by atoms with E-state index in [2.05, 4.69) is 26.6 Å². The van der Waals surface area contributed by atoms with Gasteiger partial charge in [0.25, 0.3) is 0 Å². The molecule has 0 heterocycles. The van der Waals surface area contributed by atoms with Crippen molar-refractivity contribution in [2.24, 2.45) is 17.2 Å². The van der Waals surface area contributed by atoms with Gasteiger partial charge >= 0.3 is 35.8 Å². The molecule has 33 heteroatoms. The van der Waals surface area contributed by atoms with E-state index in [-0.39, 0.29) is 57.4 Å². The molecule has 0 fully saturated rings. The number of hydrogen-bond donors (Lipinski definition) is 18. The lowest BCUT2D eigenvalue weighted by Gasteiger charge is -2.27. The maximum absolute atomic E-state index is 14.1. The quantitative estimate of drug-likeness (QED) is 0.0273. The number of carbonyl (C=O) groups excluding carboxylic acids is 8. The second kappa shape index (κ2) is 36.0. The second-order valence-electron chi connectivity index (χ2n) is 17.6. The van der Waals surface area contributed by atoms with Crippen molar-refractivity contribution in [3.63, 3.8) is 0 Å². The highest BCUT2D eigenvalue weighted by Crippen LogP contribution is 2.14. The first-order valence-corrected chi connectivity index (χ1v) is 25.7. The number of phenolic OH excluding ortho intramolecular Hbond substituents is 1. The Hall–Kier alpha value is -8.17. The minimum atomic E-state index is -2.31. The fourth-order valence-electron chi connectivity index (χ4n) is 7.07. The van der Waals surface area contributed by atoms with Gasteiger partial charge in [-0.05, 0) is 87.7 Å². The first-order valence-electron chi connectivity index (χ1n) is 24.3. The number of carbonyl (C=O) groups is 14. The number of thioether (sulfide) groups is 1. The molecule has 0 aliphatic heterocycles. The first kappa shape index (κ1) is 68.8. The van der Waals surface area contributed by atoms with Crippen molar-refractivity contribution >= 4 is 94.8 Å². The van der Waals surface area contributed by atoms with Crippen LogP contribution in [0.2, 0.25) is 0 Å². The molecule has 0 saturated carbocycles. The molecule has 440 valence electrons. The van der Waals surface area contributed by atoms with Gasteiger partial charge in [-0.25, -0.2) is 4.79 Å². The molecule has 9 atom stereocenters. The zero-order chi connectivity index (χ0) is 59.9. The van der Waals surface area contributed by atoms with Crippen molar-refractivity contribution in [1.82, 2.24) is 42.5 Å². The molecule has 1 aromatic rings. The number of phenols is 1.